The fourth-order valence-corrected chi connectivity index (χ4v) is 3.85. The Morgan fingerprint density at radius 3 is 2.74 bits per heavy atom. The summed E-state index contributed by atoms with van der Waals surface area (Å²) >= 11 is 8.46. The largest absolute Gasteiger partial charge is 0.279 e. The molecule has 0 atom stereocenters. The molecular weight excluding hydrogens is 353 g/mol. The first kappa shape index (κ1) is 16.3. The maximum Gasteiger partial charge on any atom is 0.244 e. The minimum atomic E-state index is -0.334. The van der Waals surface area contributed by atoms with Crippen LogP contribution < -0.4 is 0 Å². The van der Waals surface area contributed by atoms with Gasteiger partial charge in [0.25, 0.3) is 0 Å². The maximum atomic E-state index is 13.2. The van der Waals surface area contributed by atoms with Crippen LogP contribution in [0.5, 0.6) is 0 Å². The monoisotopic (exact) mass is 363 g/mol. The molecule has 0 aliphatic carbocycles. The van der Waals surface area contributed by atoms with Gasteiger partial charge in [-0.1, -0.05) is 47.6 Å². The number of halogens is 2. The number of carbonyl (C=O) groups is 1. The van der Waals surface area contributed by atoms with Crippen molar-refractivity contribution in [2.75, 3.05) is 0 Å². The van der Waals surface area contributed by atoms with Crippen LogP contribution in [0.1, 0.15) is 11.1 Å². The molecule has 0 aromatic heterocycles. The molecule has 1 aliphatic heterocycles. The lowest BCUT2D eigenvalue weighted by Crippen LogP contribution is -1.88. The summed E-state index contributed by atoms with van der Waals surface area (Å²) in [4.78, 5) is 16.3. The van der Waals surface area contributed by atoms with Crippen LogP contribution in [0.4, 0.5) is 4.39 Å². The molecule has 1 aliphatic rings. The lowest BCUT2D eigenvalue weighted by Gasteiger charge is -1.99. The molecule has 1 heterocycles. The zero-order valence-electron chi connectivity index (χ0n) is 11.8. The number of benzene rings is 2. The van der Waals surface area contributed by atoms with Crippen molar-refractivity contribution in [1.82, 2.24) is 0 Å². The van der Waals surface area contributed by atoms with Crippen molar-refractivity contribution < 1.29 is 9.18 Å². The molecule has 2 aromatic carbocycles. The topological polar surface area (TPSA) is 29.4 Å². The Kier molecular flexibility index (Phi) is 5.20. The second kappa shape index (κ2) is 7.34. The van der Waals surface area contributed by atoms with Crippen LogP contribution in [0, 0.1) is 5.82 Å². The molecule has 0 unspecified atom stereocenters. The van der Waals surface area contributed by atoms with Gasteiger partial charge in [-0.2, -0.15) is 0 Å². The summed E-state index contributed by atoms with van der Waals surface area (Å²) in [6.07, 6.45) is 1.61. The van der Waals surface area contributed by atoms with Crippen LogP contribution in [0.2, 0.25) is 5.02 Å². The van der Waals surface area contributed by atoms with Gasteiger partial charge in [0.1, 0.15) is 15.9 Å². The van der Waals surface area contributed by atoms with Gasteiger partial charge in [0, 0.05) is 10.8 Å². The summed E-state index contributed by atoms with van der Waals surface area (Å²) in [5.41, 5.74) is 2.08. The predicted octanol–water partition coefficient (Wildman–Crippen LogP) is 5.38. The number of thioether (sulfide) groups is 2. The van der Waals surface area contributed by atoms with E-state index in [1.54, 1.807) is 18.2 Å². The molecule has 3 rings (SSSR count). The fourth-order valence-electron chi connectivity index (χ4n) is 1.93. The van der Waals surface area contributed by atoms with Gasteiger partial charge in [0.2, 0.25) is 5.12 Å². The van der Waals surface area contributed by atoms with E-state index in [0.29, 0.717) is 26.4 Å². The van der Waals surface area contributed by atoms with E-state index in [1.165, 1.54) is 23.9 Å². The molecule has 0 saturated heterocycles. The van der Waals surface area contributed by atoms with Gasteiger partial charge in [-0.15, -0.1) is 0 Å². The van der Waals surface area contributed by atoms with Crippen molar-refractivity contribution in [2.45, 2.75) is 5.75 Å². The highest BCUT2D eigenvalue weighted by molar-refractivity contribution is 8.45. The molecule has 23 heavy (non-hydrogen) atoms. The molecule has 0 saturated carbocycles. The van der Waals surface area contributed by atoms with E-state index in [4.69, 9.17) is 11.6 Å². The summed E-state index contributed by atoms with van der Waals surface area (Å²) in [6, 6.07) is 13.6. The predicted molar refractivity (Wildman–Crippen MR) is 97.2 cm³/mol. The average Bonchev–Trinajstić information content (AvgIpc) is 2.87. The Morgan fingerprint density at radius 2 is 2.00 bits per heavy atom. The van der Waals surface area contributed by atoms with E-state index >= 15 is 0 Å². The zero-order valence-corrected chi connectivity index (χ0v) is 14.2. The molecule has 116 valence electrons. The lowest BCUT2D eigenvalue weighted by molar-refractivity contribution is -0.107. The van der Waals surface area contributed by atoms with Crippen LogP contribution in [0.25, 0.3) is 6.08 Å². The van der Waals surface area contributed by atoms with Gasteiger partial charge in [-0.3, -0.25) is 4.79 Å². The molecule has 2 nitrogen and oxygen atoms in total. The maximum absolute atomic E-state index is 13.2. The second-order valence-electron chi connectivity index (χ2n) is 4.77. The first-order chi connectivity index (χ1) is 11.1. The zero-order chi connectivity index (χ0) is 16.2. The SMILES string of the molecule is O=C1SC(SCc2ccc(Cl)cc2)=N/C1=C\c1cccc(F)c1. The van der Waals surface area contributed by atoms with E-state index in [-0.39, 0.29) is 10.9 Å². The summed E-state index contributed by atoms with van der Waals surface area (Å²) in [5.74, 6) is 0.377. The quantitative estimate of drug-likeness (QED) is 0.685. The van der Waals surface area contributed by atoms with Gasteiger partial charge in [0.15, 0.2) is 0 Å². The number of hydrogen-bond donors (Lipinski definition) is 0. The first-order valence-corrected chi connectivity index (χ1v) is 8.93. The smallest absolute Gasteiger partial charge is 0.244 e. The highest BCUT2D eigenvalue weighted by atomic mass is 35.5. The van der Waals surface area contributed by atoms with Gasteiger partial charge in [-0.05, 0) is 53.2 Å². The highest BCUT2D eigenvalue weighted by Crippen LogP contribution is 2.32. The van der Waals surface area contributed by atoms with Crippen LogP contribution in [0.15, 0.2) is 59.2 Å². The minimum Gasteiger partial charge on any atom is -0.279 e. The Hall–Kier alpha value is -1.56. The number of nitrogens with zero attached hydrogens (tertiary/aromatic N) is 1. The summed E-state index contributed by atoms with van der Waals surface area (Å²) in [7, 11) is 0. The van der Waals surface area contributed by atoms with Gasteiger partial charge < -0.3 is 0 Å². The van der Waals surface area contributed by atoms with Crippen LogP contribution in [-0.2, 0) is 10.5 Å². The summed E-state index contributed by atoms with van der Waals surface area (Å²) in [6.45, 7) is 0. The molecule has 0 radical (unpaired) electrons. The average molecular weight is 364 g/mol. The van der Waals surface area contributed by atoms with Crippen LogP contribution in [0.3, 0.4) is 0 Å². The molecule has 0 amide bonds. The van der Waals surface area contributed by atoms with E-state index in [1.807, 2.05) is 24.3 Å². The van der Waals surface area contributed by atoms with E-state index < -0.39 is 0 Å². The molecule has 0 spiro atoms. The van der Waals surface area contributed by atoms with Gasteiger partial charge >= 0.3 is 0 Å². The summed E-state index contributed by atoms with van der Waals surface area (Å²) < 4.78 is 13.9. The Morgan fingerprint density at radius 1 is 1.22 bits per heavy atom. The van der Waals surface area contributed by atoms with Crippen molar-refractivity contribution in [3.63, 3.8) is 0 Å². The van der Waals surface area contributed by atoms with Crippen LogP contribution >= 0.6 is 35.1 Å². The first-order valence-electron chi connectivity index (χ1n) is 6.75. The van der Waals surface area contributed by atoms with Gasteiger partial charge in [-0.25, -0.2) is 9.38 Å². The number of hydrogen-bond acceptors (Lipinski definition) is 4. The van der Waals surface area contributed by atoms with Gasteiger partial charge in [0.05, 0.1) is 0 Å². The lowest BCUT2D eigenvalue weighted by atomic mass is 10.2. The molecular formula is C17H11ClFNOS2. The van der Waals surface area contributed by atoms with E-state index in [2.05, 4.69) is 4.99 Å². The second-order valence-corrected chi connectivity index (χ2v) is 7.39. The Balaban J connectivity index is 1.70. The third kappa shape index (κ3) is 4.47. The third-order valence-electron chi connectivity index (χ3n) is 3.03. The van der Waals surface area contributed by atoms with Crippen molar-refractivity contribution in [3.8, 4) is 0 Å². The number of aliphatic imine (C=N–C) groups is 1. The number of carbonyl (C=O) groups excluding carboxylic acids is 1. The molecule has 0 fully saturated rings. The standard InChI is InChI=1S/C17H11ClFNOS2/c18-13-6-4-11(5-7-13)10-22-17-20-15(16(21)23-17)9-12-2-1-3-14(19)8-12/h1-9H,10H2/b15-9-. The fraction of sp³-hybridized carbons (Fsp3) is 0.0588. The molecule has 0 N–H and O–H groups in total. The molecule has 2 aromatic rings. The molecule has 6 heteroatoms. The van der Waals surface area contributed by atoms with Crippen molar-refractivity contribution in [3.05, 3.63) is 76.2 Å². The Bertz CT molecular complexity index is 802. The number of rotatable bonds is 3. The third-order valence-corrected chi connectivity index (χ3v) is 5.36. The van der Waals surface area contributed by atoms with Crippen molar-refractivity contribution in [1.29, 1.82) is 0 Å². The van der Waals surface area contributed by atoms with E-state index in [0.717, 1.165) is 17.3 Å². The van der Waals surface area contributed by atoms with Crippen molar-refractivity contribution >= 4 is 50.7 Å². The summed E-state index contributed by atoms with van der Waals surface area (Å²) in [5, 5.41) is 0.578. The Labute approximate surface area is 146 Å². The normalized spacial score (nSPS) is 16.0. The highest BCUT2D eigenvalue weighted by Gasteiger charge is 2.22. The van der Waals surface area contributed by atoms with Crippen LogP contribution in [-0.4, -0.2) is 9.49 Å². The minimum absolute atomic E-state index is 0.118. The van der Waals surface area contributed by atoms with Crippen molar-refractivity contribution in [2.24, 2.45) is 4.99 Å². The molecule has 0 bridgehead atoms. The van der Waals surface area contributed by atoms with E-state index in [9.17, 15) is 9.18 Å².